The Balaban J connectivity index is 2.12. The largest absolute Gasteiger partial charge is 0.450 e. The van der Waals surface area contributed by atoms with Crippen molar-refractivity contribution in [2.75, 3.05) is 11.9 Å². The van der Waals surface area contributed by atoms with Gasteiger partial charge in [-0.15, -0.1) is 0 Å². The Morgan fingerprint density at radius 2 is 1.74 bits per heavy atom. The molecule has 8 heteroatoms. The quantitative estimate of drug-likeness (QED) is 0.450. The third kappa shape index (κ3) is 4.90. The van der Waals surface area contributed by atoms with Crippen LogP contribution in [-0.2, 0) is 4.74 Å². The number of rotatable bonds is 6. The number of hydrogen-bond acceptors (Lipinski definition) is 6. The molecule has 1 amide bonds. The van der Waals surface area contributed by atoms with Crippen LogP contribution in [0.4, 0.5) is 16.2 Å². The average Bonchev–Trinajstić information content (AvgIpc) is 2.54. The minimum Gasteiger partial charge on any atom is -0.450 e. The molecule has 0 aliphatic rings. The molecule has 0 heterocycles. The summed E-state index contributed by atoms with van der Waals surface area (Å²) in [5.41, 5.74) is 0.655. The molecular weight excluding hydrogens is 336 g/mol. The molecule has 0 spiro atoms. The Morgan fingerprint density at radius 3 is 2.43 bits per heavy atom. The summed E-state index contributed by atoms with van der Waals surface area (Å²) < 4.78 is 4.86. The molecule has 0 bridgehead atoms. The molecule has 6 nitrogen and oxygen atoms in total. The molecule has 0 aromatic heterocycles. The van der Waals surface area contributed by atoms with E-state index in [-0.39, 0.29) is 12.3 Å². The van der Waals surface area contributed by atoms with Crippen LogP contribution >= 0.6 is 21.6 Å². The van der Waals surface area contributed by atoms with Gasteiger partial charge in [0.15, 0.2) is 0 Å². The van der Waals surface area contributed by atoms with E-state index in [1.165, 1.54) is 27.7 Å². The van der Waals surface area contributed by atoms with E-state index in [1.54, 1.807) is 37.3 Å². The monoisotopic (exact) mass is 350 g/mol. The van der Waals surface area contributed by atoms with Gasteiger partial charge in [0.25, 0.3) is 5.69 Å². The van der Waals surface area contributed by atoms with Crippen LogP contribution in [0.2, 0.25) is 0 Å². The number of nitrogens with one attached hydrogen (secondary N) is 1. The highest BCUT2D eigenvalue weighted by atomic mass is 33.1. The van der Waals surface area contributed by atoms with Crippen molar-refractivity contribution in [1.82, 2.24) is 0 Å². The third-order valence-corrected chi connectivity index (χ3v) is 5.15. The lowest BCUT2D eigenvalue weighted by atomic mass is 10.3. The first-order valence-corrected chi connectivity index (χ1v) is 8.87. The molecule has 120 valence electrons. The van der Waals surface area contributed by atoms with Crippen molar-refractivity contribution in [3.63, 3.8) is 0 Å². The van der Waals surface area contributed by atoms with Crippen LogP contribution in [0, 0.1) is 10.1 Å². The molecule has 0 aliphatic carbocycles. The Hall–Kier alpha value is -2.19. The van der Waals surface area contributed by atoms with Gasteiger partial charge in [-0.25, -0.2) is 4.79 Å². The van der Waals surface area contributed by atoms with Crippen LogP contribution in [-0.4, -0.2) is 17.6 Å². The average molecular weight is 350 g/mol. The van der Waals surface area contributed by atoms with Gasteiger partial charge in [0.05, 0.1) is 22.1 Å². The fraction of sp³-hybridized carbons (Fsp3) is 0.133. The molecule has 2 aromatic carbocycles. The molecule has 0 fully saturated rings. The van der Waals surface area contributed by atoms with Crippen LogP contribution in [0.3, 0.4) is 0 Å². The zero-order valence-corrected chi connectivity index (χ0v) is 13.9. The lowest BCUT2D eigenvalue weighted by Gasteiger charge is -2.10. The number of carbonyl (C=O) groups is 1. The van der Waals surface area contributed by atoms with E-state index >= 15 is 0 Å². The van der Waals surface area contributed by atoms with Gasteiger partial charge in [-0.05, 0) is 35.9 Å². The zero-order valence-electron chi connectivity index (χ0n) is 12.2. The summed E-state index contributed by atoms with van der Waals surface area (Å²) in [5.74, 6) is 0. The standard InChI is InChI=1S/C15H14N2O4S2/c1-2-21-15(18)16-11-7-3-5-9-13(11)22-23-14-10-6-4-8-12(14)17(19)20/h3-10H,2H2,1H3,(H,16,18). The predicted molar refractivity (Wildman–Crippen MR) is 91.9 cm³/mol. The summed E-state index contributed by atoms with van der Waals surface area (Å²) >= 11 is 0. The highest BCUT2D eigenvalue weighted by Crippen LogP contribution is 2.43. The maximum Gasteiger partial charge on any atom is 0.411 e. The highest BCUT2D eigenvalue weighted by molar-refractivity contribution is 8.76. The number of para-hydroxylation sites is 2. The number of anilines is 1. The van der Waals surface area contributed by atoms with Crippen molar-refractivity contribution in [3.05, 3.63) is 58.6 Å². The number of nitro benzene ring substituents is 1. The number of hydrogen-bond donors (Lipinski definition) is 1. The van der Waals surface area contributed by atoms with Gasteiger partial charge >= 0.3 is 6.09 Å². The molecule has 1 N–H and O–H groups in total. The van der Waals surface area contributed by atoms with Crippen molar-refractivity contribution in [2.45, 2.75) is 16.7 Å². The van der Waals surface area contributed by atoms with Gasteiger partial charge in [0, 0.05) is 11.0 Å². The molecule has 2 rings (SSSR count). The first-order valence-electron chi connectivity index (χ1n) is 6.72. The summed E-state index contributed by atoms with van der Waals surface area (Å²) in [6.45, 7) is 2.01. The first kappa shape index (κ1) is 17.2. The number of benzene rings is 2. The Morgan fingerprint density at radius 1 is 1.13 bits per heavy atom. The minimum absolute atomic E-state index is 0.0563. The highest BCUT2D eigenvalue weighted by Gasteiger charge is 2.15. The lowest BCUT2D eigenvalue weighted by Crippen LogP contribution is -2.13. The Bertz CT molecular complexity index is 709. The van der Waals surface area contributed by atoms with Gasteiger partial charge in [0.2, 0.25) is 0 Å². The smallest absolute Gasteiger partial charge is 0.411 e. The fourth-order valence-electron chi connectivity index (χ4n) is 1.69. The van der Waals surface area contributed by atoms with Crippen molar-refractivity contribution in [1.29, 1.82) is 0 Å². The second-order valence-corrected chi connectivity index (χ2v) is 6.45. The summed E-state index contributed by atoms with van der Waals surface area (Å²) in [6, 6.07) is 13.7. The molecule has 0 unspecified atom stereocenters. The van der Waals surface area contributed by atoms with E-state index in [0.717, 1.165) is 4.90 Å². The Kier molecular flexibility index (Phi) is 6.30. The number of amides is 1. The van der Waals surface area contributed by atoms with Crippen LogP contribution in [0.1, 0.15) is 6.92 Å². The Labute approximate surface area is 141 Å². The van der Waals surface area contributed by atoms with E-state index < -0.39 is 11.0 Å². The number of nitro groups is 1. The topological polar surface area (TPSA) is 81.5 Å². The summed E-state index contributed by atoms with van der Waals surface area (Å²) in [4.78, 5) is 23.5. The molecule has 2 aromatic rings. The molecule has 23 heavy (non-hydrogen) atoms. The number of nitrogens with zero attached hydrogens (tertiary/aromatic N) is 1. The van der Waals surface area contributed by atoms with Crippen LogP contribution in [0.25, 0.3) is 0 Å². The maximum absolute atomic E-state index is 11.5. The van der Waals surface area contributed by atoms with Gasteiger partial charge in [-0.2, -0.15) is 0 Å². The molecule has 0 radical (unpaired) electrons. The fourth-order valence-corrected chi connectivity index (χ4v) is 3.97. The minimum atomic E-state index is -0.531. The predicted octanol–water partition coefficient (Wildman–Crippen LogP) is 4.96. The number of ether oxygens (including phenoxy) is 1. The van der Waals surface area contributed by atoms with E-state index in [4.69, 9.17) is 4.74 Å². The van der Waals surface area contributed by atoms with Gasteiger partial charge in [0.1, 0.15) is 0 Å². The van der Waals surface area contributed by atoms with E-state index in [0.29, 0.717) is 10.6 Å². The van der Waals surface area contributed by atoms with Gasteiger partial charge < -0.3 is 4.74 Å². The van der Waals surface area contributed by atoms with Crippen LogP contribution in [0.15, 0.2) is 58.3 Å². The molecule has 0 atom stereocenters. The van der Waals surface area contributed by atoms with Gasteiger partial charge in [-0.3, -0.25) is 15.4 Å². The SMILES string of the molecule is CCOC(=O)Nc1ccccc1SSc1ccccc1[N+](=O)[O-]. The van der Waals surface area contributed by atoms with Crippen LogP contribution in [0.5, 0.6) is 0 Å². The zero-order chi connectivity index (χ0) is 16.7. The van der Waals surface area contributed by atoms with E-state index in [2.05, 4.69) is 5.32 Å². The third-order valence-electron chi connectivity index (χ3n) is 2.68. The number of carbonyl (C=O) groups excluding carboxylic acids is 1. The van der Waals surface area contributed by atoms with Gasteiger partial charge in [-0.1, -0.05) is 35.1 Å². The molecule has 0 aliphatic heterocycles. The molecule has 0 saturated carbocycles. The summed E-state index contributed by atoms with van der Waals surface area (Å²) in [5, 5.41) is 13.7. The molecule has 0 saturated heterocycles. The second kappa shape index (κ2) is 8.44. The lowest BCUT2D eigenvalue weighted by molar-refractivity contribution is -0.387. The van der Waals surface area contributed by atoms with Crippen molar-refractivity contribution in [3.8, 4) is 0 Å². The molecular formula is C15H14N2O4S2. The van der Waals surface area contributed by atoms with E-state index in [9.17, 15) is 14.9 Å². The summed E-state index contributed by atoms with van der Waals surface area (Å²) in [6.07, 6.45) is -0.531. The van der Waals surface area contributed by atoms with Crippen molar-refractivity contribution in [2.24, 2.45) is 0 Å². The first-order chi connectivity index (χ1) is 11.1. The summed E-state index contributed by atoms with van der Waals surface area (Å²) in [7, 11) is 2.60. The van der Waals surface area contributed by atoms with E-state index in [1.807, 2.05) is 12.1 Å². The second-order valence-electron chi connectivity index (χ2n) is 4.23. The van der Waals surface area contributed by atoms with Crippen LogP contribution < -0.4 is 5.32 Å². The van der Waals surface area contributed by atoms with Crippen molar-refractivity contribution >= 4 is 39.1 Å². The normalized spacial score (nSPS) is 10.1. The maximum atomic E-state index is 11.5. The van der Waals surface area contributed by atoms with Crippen molar-refractivity contribution < 1.29 is 14.5 Å².